The summed E-state index contributed by atoms with van der Waals surface area (Å²) < 4.78 is 41.3. The summed E-state index contributed by atoms with van der Waals surface area (Å²) in [6.45, 7) is 2.95. The Hall–Kier alpha value is -1.67. The van der Waals surface area contributed by atoms with Gasteiger partial charge in [-0.15, -0.1) is 0 Å². The van der Waals surface area contributed by atoms with Gasteiger partial charge in [-0.25, -0.2) is 17.5 Å². The number of amides is 1. The third-order valence-corrected chi connectivity index (χ3v) is 6.98. The number of hydrogen-bond donors (Lipinski definition) is 1. The van der Waals surface area contributed by atoms with E-state index in [1.165, 1.54) is 6.07 Å². The van der Waals surface area contributed by atoms with E-state index in [0.29, 0.717) is 13.1 Å². The number of hydrogen-bond acceptors (Lipinski definition) is 3. The molecule has 156 valence electrons. The number of carbonyl (C=O) groups excluding carboxylic acids is 1. The van der Waals surface area contributed by atoms with Crippen LogP contribution in [0.4, 0.5) is 4.39 Å². The quantitative estimate of drug-likeness (QED) is 0.680. The molecule has 0 aliphatic carbocycles. The first kappa shape index (κ1) is 22.0. The minimum absolute atomic E-state index is 0.0504. The zero-order chi connectivity index (χ0) is 21.2. The molecule has 1 aliphatic rings. The summed E-state index contributed by atoms with van der Waals surface area (Å²) in [6, 6.07) is 8.85. The second-order valence-electron chi connectivity index (χ2n) is 7.17. The number of nitrogens with one attached hydrogen (secondary N) is 1. The molecular weight excluding hydrogens is 438 g/mol. The van der Waals surface area contributed by atoms with Crippen LogP contribution in [-0.4, -0.2) is 38.9 Å². The second-order valence-corrected chi connectivity index (χ2v) is 9.75. The summed E-state index contributed by atoms with van der Waals surface area (Å²) in [4.78, 5) is 14.6. The molecule has 3 rings (SSSR count). The zero-order valence-electron chi connectivity index (χ0n) is 15.8. The molecule has 5 nitrogen and oxygen atoms in total. The Balaban J connectivity index is 1.65. The van der Waals surface area contributed by atoms with Gasteiger partial charge in [0.15, 0.2) is 0 Å². The van der Waals surface area contributed by atoms with Gasteiger partial charge in [-0.2, -0.15) is 0 Å². The van der Waals surface area contributed by atoms with Crippen molar-refractivity contribution >= 4 is 39.1 Å². The Bertz CT molecular complexity index is 1010. The molecule has 1 unspecified atom stereocenters. The van der Waals surface area contributed by atoms with Crippen molar-refractivity contribution in [3.8, 4) is 0 Å². The average molecular weight is 459 g/mol. The Morgan fingerprint density at radius 1 is 1.21 bits per heavy atom. The summed E-state index contributed by atoms with van der Waals surface area (Å²) in [7, 11) is -3.62. The molecule has 2 aromatic rings. The first-order valence-electron chi connectivity index (χ1n) is 9.17. The lowest BCUT2D eigenvalue weighted by Crippen LogP contribution is -2.43. The van der Waals surface area contributed by atoms with Crippen molar-refractivity contribution in [2.45, 2.75) is 24.7 Å². The van der Waals surface area contributed by atoms with Crippen LogP contribution in [0.25, 0.3) is 0 Å². The van der Waals surface area contributed by atoms with Gasteiger partial charge in [-0.3, -0.25) is 4.79 Å². The highest BCUT2D eigenvalue weighted by atomic mass is 35.5. The largest absolute Gasteiger partial charge is 0.338 e. The molecule has 29 heavy (non-hydrogen) atoms. The van der Waals surface area contributed by atoms with Crippen LogP contribution >= 0.6 is 23.2 Å². The molecule has 1 amide bonds. The highest BCUT2D eigenvalue weighted by molar-refractivity contribution is 7.89. The molecule has 1 fully saturated rings. The minimum Gasteiger partial charge on any atom is -0.338 e. The van der Waals surface area contributed by atoms with Crippen LogP contribution in [0.2, 0.25) is 10.0 Å². The number of piperidine rings is 1. The molecular formula is C20H21Cl2FN2O3S. The van der Waals surface area contributed by atoms with E-state index in [-0.39, 0.29) is 33.0 Å². The van der Waals surface area contributed by atoms with Crippen LogP contribution in [-0.2, 0) is 10.0 Å². The van der Waals surface area contributed by atoms with Crippen molar-refractivity contribution in [1.29, 1.82) is 0 Å². The molecule has 0 saturated carbocycles. The molecule has 2 aromatic carbocycles. The smallest absolute Gasteiger partial charge is 0.255 e. The van der Waals surface area contributed by atoms with E-state index in [2.05, 4.69) is 4.72 Å². The molecule has 0 spiro atoms. The van der Waals surface area contributed by atoms with Crippen molar-refractivity contribution in [2.24, 2.45) is 5.92 Å². The lowest BCUT2D eigenvalue weighted by atomic mass is 9.97. The van der Waals surface area contributed by atoms with Gasteiger partial charge in [0.1, 0.15) is 5.82 Å². The fraction of sp³-hybridized carbons (Fsp3) is 0.350. The number of likely N-dealkylation sites (tertiary alicyclic amines) is 1. The maximum Gasteiger partial charge on any atom is 0.255 e. The first-order chi connectivity index (χ1) is 13.7. The van der Waals surface area contributed by atoms with Crippen molar-refractivity contribution in [2.75, 3.05) is 19.6 Å². The summed E-state index contributed by atoms with van der Waals surface area (Å²) >= 11 is 11.8. The lowest BCUT2D eigenvalue weighted by molar-refractivity contribution is 0.0676. The van der Waals surface area contributed by atoms with E-state index in [4.69, 9.17) is 23.2 Å². The van der Waals surface area contributed by atoms with Crippen LogP contribution in [0.15, 0.2) is 41.3 Å². The van der Waals surface area contributed by atoms with Crippen molar-refractivity contribution in [3.63, 3.8) is 0 Å². The van der Waals surface area contributed by atoms with Crippen molar-refractivity contribution < 1.29 is 17.6 Å². The standard InChI is InChI=1S/C20H21Cl2FN2O3S/c1-13-4-6-15(7-5-13)29(27,28)24-11-14-3-2-8-25(12-14)20(26)16-9-19(23)18(22)10-17(16)21/h4-7,9-10,14,24H,2-3,8,11-12H2,1H3. The number of aryl methyl sites for hydroxylation is 1. The maximum absolute atomic E-state index is 13.8. The van der Waals surface area contributed by atoms with Crippen LogP contribution in [0.5, 0.6) is 0 Å². The van der Waals surface area contributed by atoms with E-state index < -0.39 is 21.7 Å². The van der Waals surface area contributed by atoms with E-state index in [1.54, 1.807) is 29.2 Å². The predicted octanol–water partition coefficient (Wildman–Crippen LogP) is 4.27. The van der Waals surface area contributed by atoms with E-state index in [0.717, 1.165) is 24.5 Å². The Morgan fingerprint density at radius 2 is 1.90 bits per heavy atom. The fourth-order valence-electron chi connectivity index (χ4n) is 3.30. The van der Waals surface area contributed by atoms with Gasteiger partial charge in [0.05, 0.1) is 20.5 Å². The summed E-state index contributed by atoms with van der Waals surface area (Å²) in [6.07, 6.45) is 1.50. The van der Waals surface area contributed by atoms with Gasteiger partial charge in [0.25, 0.3) is 5.91 Å². The molecule has 1 heterocycles. The number of benzene rings is 2. The first-order valence-corrected chi connectivity index (χ1v) is 11.4. The van der Waals surface area contributed by atoms with Crippen molar-refractivity contribution in [3.05, 3.63) is 63.4 Å². The third kappa shape index (κ3) is 5.28. The number of sulfonamides is 1. The Kier molecular flexibility index (Phi) is 6.83. The summed E-state index contributed by atoms with van der Waals surface area (Å²) in [5.41, 5.74) is 1.03. The maximum atomic E-state index is 13.8. The monoisotopic (exact) mass is 458 g/mol. The number of nitrogens with zero attached hydrogens (tertiary/aromatic N) is 1. The van der Waals surface area contributed by atoms with Crippen LogP contribution in [0, 0.1) is 18.7 Å². The minimum atomic E-state index is -3.62. The highest BCUT2D eigenvalue weighted by Gasteiger charge is 2.27. The molecule has 1 saturated heterocycles. The van der Waals surface area contributed by atoms with Crippen LogP contribution in [0.1, 0.15) is 28.8 Å². The van der Waals surface area contributed by atoms with Gasteiger partial charge in [0, 0.05) is 19.6 Å². The molecule has 0 bridgehead atoms. The van der Waals surface area contributed by atoms with Gasteiger partial charge >= 0.3 is 0 Å². The number of rotatable bonds is 5. The lowest BCUT2D eigenvalue weighted by Gasteiger charge is -2.33. The third-order valence-electron chi connectivity index (χ3n) is 4.94. The number of carbonyl (C=O) groups is 1. The van der Waals surface area contributed by atoms with Crippen LogP contribution < -0.4 is 4.72 Å². The van der Waals surface area contributed by atoms with E-state index in [1.807, 2.05) is 6.92 Å². The van der Waals surface area contributed by atoms with Gasteiger partial charge in [-0.1, -0.05) is 40.9 Å². The highest BCUT2D eigenvalue weighted by Crippen LogP contribution is 2.27. The van der Waals surface area contributed by atoms with Gasteiger partial charge in [-0.05, 0) is 49.9 Å². The molecule has 1 atom stereocenters. The molecule has 1 N–H and O–H groups in total. The van der Waals surface area contributed by atoms with Gasteiger partial charge < -0.3 is 4.90 Å². The van der Waals surface area contributed by atoms with E-state index in [9.17, 15) is 17.6 Å². The summed E-state index contributed by atoms with van der Waals surface area (Å²) in [5, 5.41) is -0.0582. The normalized spacial score (nSPS) is 17.4. The zero-order valence-corrected chi connectivity index (χ0v) is 18.1. The predicted molar refractivity (Wildman–Crippen MR) is 111 cm³/mol. The SMILES string of the molecule is Cc1ccc(S(=O)(=O)NCC2CCCN(C(=O)c3cc(F)c(Cl)cc3Cl)C2)cc1. The van der Waals surface area contributed by atoms with Crippen LogP contribution in [0.3, 0.4) is 0 Å². The fourth-order valence-corrected chi connectivity index (χ4v) is 4.88. The molecule has 1 aliphatic heterocycles. The Labute approximate surface area is 179 Å². The molecule has 9 heteroatoms. The Morgan fingerprint density at radius 3 is 2.59 bits per heavy atom. The molecule has 0 radical (unpaired) electrons. The van der Waals surface area contributed by atoms with Gasteiger partial charge in [0.2, 0.25) is 10.0 Å². The average Bonchev–Trinajstić information content (AvgIpc) is 2.69. The second kappa shape index (κ2) is 9.00. The molecule has 0 aromatic heterocycles. The number of halogens is 3. The van der Waals surface area contributed by atoms with Crippen molar-refractivity contribution in [1.82, 2.24) is 9.62 Å². The summed E-state index contributed by atoms with van der Waals surface area (Å²) in [5.74, 6) is -1.15. The topological polar surface area (TPSA) is 66.5 Å². The van der Waals surface area contributed by atoms with E-state index >= 15 is 0 Å².